The van der Waals surface area contributed by atoms with E-state index in [-0.39, 0.29) is 36.1 Å². The molecule has 0 bridgehead atoms. The number of halogens is 2. The zero-order chi connectivity index (χ0) is 17.7. The molecular weight excluding hydrogens is 375 g/mol. The van der Waals surface area contributed by atoms with Gasteiger partial charge in [-0.2, -0.15) is 0 Å². The number of hydrogen-bond acceptors (Lipinski definition) is 4. The SMILES string of the molecule is CS(=O)(=O)N(CCC(=O)NCc1ccco1)c1cc(Cl)ccc1Cl. The van der Waals surface area contributed by atoms with Gasteiger partial charge >= 0.3 is 0 Å². The molecule has 9 heteroatoms. The van der Waals surface area contributed by atoms with Crippen LogP contribution >= 0.6 is 23.2 Å². The van der Waals surface area contributed by atoms with Crippen molar-refractivity contribution < 1.29 is 17.6 Å². The van der Waals surface area contributed by atoms with Gasteiger partial charge in [-0.15, -0.1) is 0 Å². The molecule has 0 aliphatic rings. The summed E-state index contributed by atoms with van der Waals surface area (Å²) in [6.45, 7) is 0.186. The van der Waals surface area contributed by atoms with Crippen LogP contribution in [0.15, 0.2) is 41.0 Å². The zero-order valence-electron chi connectivity index (χ0n) is 12.8. The van der Waals surface area contributed by atoms with Crippen molar-refractivity contribution in [1.82, 2.24) is 5.32 Å². The number of nitrogens with zero attached hydrogens (tertiary/aromatic N) is 1. The number of sulfonamides is 1. The maximum absolute atomic E-state index is 12.0. The molecular formula is C15H16Cl2N2O4S. The third-order valence-electron chi connectivity index (χ3n) is 3.16. The average Bonchev–Trinajstić information content (AvgIpc) is 3.01. The molecule has 0 spiro atoms. The van der Waals surface area contributed by atoms with Crippen molar-refractivity contribution in [2.24, 2.45) is 0 Å². The first-order valence-electron chi connectivity index (χ1n) is 6.99. The van der Waals surface area contributed by atoms with Crippen molar-refractivity contribution in [2.75, 3.05) is 17.1 Å². The molecule has 0 saturated heterocycles. The zero-order valence-corrected chi connectivity index (χ0v) is 15.2. The number of anilines is 1. The molecule has 2 aromatic rings. The number of carbonyl (C=O) groups excluding carboxylic acids is 1. The first-order valence-corrected chi connectivity index (χ1v) is 9.59. The second-order valence-electron chi connectivity index (χ2n) is 5.04. The molecule has 0 aliphatic heterocycles. The molecule has 1 amide bonds. The van der Waals surface area contributed by atoms with Gasteiger partial charge in [0.2, 0.25) is 15.9 Å². The smallest absolute Gasteiger partial charge is 0.232 e. The topological polar surface area (TPSA) is 79.6 Å². The first kappa shape index (κ1) is 18.6. The lowest BCUT2D eigenvalue weighted by Crippen LogP contribution is -2.34. The van der Waals surface area contributed by atoms with Gasteiger partial charge in [0, 0.05) is 18.0 Å². The highest BCUT2D eigenvalue weighted by Gasteiger charge is 2.21. The van der Waals surface area contributed by atoms with Crippen molar-refractivity contribution in [2.45, 2.75) is 13.0 Å². The molecule has 2 rings (SSSR count). The van der Waals surface area contributed by atoms with Crippen LogP contribution in [0.2, 0.25) is 10.0 Å². The van der Waals surface area contributed by atoms with Gasteiger partial charge in [-0.3, -0.25) is 9.10 Å². The molecule has 1 aromatic carbocycles. The molecule has 6 nitrogen and oxygen atoms in total. The number of rotatable bonds is 7. The summed E-state index contributed by atoms with van der Waals surface area (Å²) in [4.78, 5) is 11.9. The van der Waals surface area contributed by atoms with Crippen molar-refractivity contribution in [3.05, 3.63) is 52.4 Å². The van der Waals surface area contributed by atoms with Crippen molar-refractivity contribution in [1.29, 1.82) is 0 Å². The van der Waals surface area contributed by atoms with E-state index in [0.29, 0.717) is 10.8 Å². The molecule has 0 aliphatic carbocycles. The van der Waals surface area contributed by atoms with E-state index in [1.54, 1.807) is 18.2 Å². The second-order valence-corrected chi connectivity index (χ2v) is 7.79. The Morgan fingerprint density at radius 2 is 2.04 bits per heavy atom. The van der Waals surface area contributed by atoms with Crippen LogP contribution < -0.4 is 9.62 Å². The fourth-order valence-corrected chi connectivity index (χ4v) is 3.40. The number of nitrogens with one attached hydrogen (secondary N) is 1. The first-order chi connectivity index (χ1) is 11.3. The Labute approximate surface area is 150 Å². The maximum atomic E-state index is 12.0. The Bertz CT molecular complexity index is 807. The van der Waals surface area contributed by atoms with Gasteiger partial charge in [0.25, 0.3) is 0 Å². The lowest BCUT2D eigenvalue weighted by molar-refractivity contribution is -0.121. The van der Waals surface area contributed by atoms with E-state index >= 15 is 0 Å². The van der Waals surface area contributed by atoms with Gasteiger partial charge in [0.15, 0.2) is 0 Å². The number of furan rings is 1. The molecule has 1 aromatic heterocycles. The monoisotopic (exact) mass is 390 g/mol. The standard InChI is InChI=1S/C15H16Cl2N2O4S/c1-24(21,22)19(14-9-11(16)4-5-13(14)17)7-6-15(20)18-10-12-3-2-8-23-12/h2-5,8-9H,6-7,10H2,1H3,(H,18,20). The highest BCUT2D eigenvalue weighted by molar-refractivity contribution is 7.92. The highest BCUT2D eigenvalue weighted by atomic mass is 35.5. The minimum absolute atomic E-state index is 0.0311. The van der Waals surface area contributed by atoms with Crippen molar-refractivity contribution in [3.63, 3.8) is 0 Å². The molecule has 24 heavy (non-hydrogen) atoms. The summed E-state index contributed by atoms with van der Waals surface area (Å²) in [5.41, 5.74) is 0.241. The highest BCUT2D eigenvalue weighted by Crippen LogP contribution is 2.30. The van der Waals surface area contributed by atoms with E-state index in [4.69, 9.17) is 27.6 Å². The van der Waals surface area contributed by atoms with Crippen LogP contribution in [0.25, 0.3) is 0 Å². The van der Waals surface area contributed by atoms with E-state index in [1.807, 2.05) is 0 Å². The fraction of sp³-hybridized carbons (Fsp3) is 0.267. The predicted octanol–water partition coefficient (Wildman–Crippen LogP) is 3.06. The summed E-state index contributed by atoms with van der Waals surface area (Å²) >= 11 is 12.0. The molecule has 130 valence electrons. The van der Waals surface area contributed by atoms with Crippen LogP contribution in [0, 0.1) is 0 Å². The molecule has 0 saturated carbocycles. The van der Waals surface area contributed by atoms with Gasteiger partial charge in [-0.25, -0.2) is 8.42 Å². The van der Waals surface area contributed by atoms with E-state index in [0.717, 1.165) is 10.6 Å². The predicted molar refractivity (Wildman–Crippen MR) is 93.8 cm³/mol. The summed E-state index contributed by atoms with van der Waals surface area (Å²) in [7, 11) is -3.62. The number of benzene rings is 1. The Balaban J connectivity index is 2.04. The van der Waals surface area contributed by atoms with Gasteiger partial charge in [-0.05, 0) is 30.3 Å². The maximum Gasteiger partial charge on any atom is 0.232 e. The third kappa shape index (κ3) is 5.15. The summed E-state index contributed by atoms with van der Waals surface area (Å²) in [6.07, 6.45) is 2.52. The lowest BCUT2D eigenvalue weighted by atomic mass is 10.3. The number of carbonyl (C=O) groups is 1. The summed E-state index contributed by atoms with van der Waals surface area (Å²) in [5, 5.41) is 3.25. The Kier molecular flexibility index (Phi) is 6.15. The van der Waals surface area contributed by atoms with Crippen LogP contribution in [0.5, 0.6) is 0 Å². The van der Waals surface area contributed by atoms with E-state index in [9.17, 15) is 13.2 Å². The minimum Gasteiger partial charge on any atom is -0.467 e. The summed E-state index contributed by atoms with van der Waals surface area (Å²) in [6, 6.07) is 7.97. The molecule has 1 heterocycles. The van der Waals surface area contributed by atoms with Crippen LogP contribution in [0.3, 0.4) is 0 Å². The molecule has 0 unspecified atom stereocenters. The Hall–Kier alpha value is -1.70. The molecule has 1 N–H and O–H groups in total. The Morgan fingerprint density at radius 3 is 2.67 bits per heavy atom. The number of hydrogen-bond donors (Lipinski definition) is 1. The third-order valence-corrected chi connectivity index (χ3v) is 4.89. The van der Waals surface area contributed by atoms with Crippen LogP contribution in [0.4, 0.5) is 5.69 Å². The van der Waals surface area contributed by atoms with Crippen molar-refractivity contribution >= 4 is 44.8 Å². The van der Waals surface area contributed by atoms with Crippen LogP contribution in [0.1, 0.15) is 12.2 Å². The molecule has 0 atom stereocenters. The van der Waals surface area contributed by atoms with Crippen molar-refractivity contribution in [3.8, 4) is 0 Å². The quantitative estimate of drug-likeness (QED) is 0.787. The fourth-order valence-electron chi connectivity index (χ4n) is 2.03. The van der Waals surface area contributed by atoms with Crippen LogP contribution in [-0.4, -0.2) is 27.1 Å². The Morgan fingerprint density at radius 1 is 1.29 bits per heavy atom. The van der Waals surface area contributed by atoms with Gasteiger partial charge < -0.3 is 9.73 Å². The summed E-state index contributed by atoms with van der Waals surface area (Å²) in [5.74, 6) is 0.305. The number of amides is 1. The van der Waals surface area contributed by atoms with E-state index in [1.165, 1.54) is 18.4 Å². The van der Waals surface area contributed by atoms with E-state index in [2.05, 4.69) is 5.32 Å². The van der Waals surface area contributed by atoms with Gasteiger partial charge in [0.1, 0.15) is 5.76 Å². The lowest BCUT2D eigenvalue weighted by Gasteiger charge is -2.23. The summed E-state index contributed by atoms with van der Waals surface area (Å²) < 4.78 is 30.2. The van der Waals surface area contributed by atoms with E-state index < -0.39 is 10.0 Å². The largest absolute Gasteiger partial charge is 0.467 e. The molecule has 0 radical (unpaired) electrons. The van der Waals surface area contributed by atoms with Gasteiger partial charge in [-0.1, -0.05) is 23.2 Å². The van der Waals surface area contributed by atoms with Gasteiger partial charge in [0.05, 0.1) is 29.8 Å². The second kappa shape index (κ2) is 7.92. The van der Waals surface area contributed by atoms with Crippen LogP contribution in [-0.2, 0) is 21.4 Å². The molecule has 0 fully saturated rings. The average molecular weight is 391 g/mol. The normalized spacial score (nSPS) is 11.3. The minimum atomic E-state index is -3.62.